The first kappa shape index (κ1) is 10.9. The van der Waals surface area contributed by atoms with Crippen LogP contribution in [0.3, 0.4) is 0 Å². The lowest BCUT2D eigenvalue weighted by molar-refractivity contribution is -0.142. The highest BCUT2D eigenvalue weighted by atomic mass is 16.5. The van der Waals surface area contributed by atoms with Gasteiger partial charge in [0, 0.05) is 18.6 Å². The molecule has 3 heteroatoms. The molecule has 0 aromatic rings. The summed E-state index contributed by atoms with van der Waals surface area (Å²) >= 11 is 0. The zero-order chi connectivity index (χ0) is 10.8. The summed E-state index contributed by atoms with van der Waals surface area (Å²) in [5, 5.41) is 0. The Morgan fingerprint density at radius 3 is 2.53 bits per heavy atom. The van der Waals surface area contributed by atoms with E-state index < -0.39 is 0 Å². The molecule has 15 heavy (non-hydrogen) atoms. The molecule has 0 heterocycles. The van der Waals surface area contributed by atoms with Gasteiger partial charge in [-0.25, -0.2) is 0 Å². The molecular weight excluding hydrogens is 190 g/mol. The average molecular weight is 211 g/mol. The summed E-state index contributed by atoms with van der Waals surface area (Å²) in [5.41, 5.74) is 0. The number of methoxy groups -OCH3 is 1. The highest BCUT2D eigenvalue weighted by Gasteiger charge is 2.36. The number of hydrogen-bond acceptors (Lipinski definition) is 3. The van der Waals surface area contributed by atoms with Gasteiger partial charge in [-0.2, -0.15) is 0 Å². The van der Waals surface area contributed by atoms with E-state index in [1.807, 2.05) is 0 Å². The number of ether oxygens (including phenoxy) is 1. The minimum Gasteiger partial charge on any atom is -0.469 e. The molecule has 0 aliphatic heterocycles. The van der Waals surface area contributed by atoms with E-state index in [1.54, 1.807) is 0 Å². The van der Waals surface area contributed by atoms with Crippen molar-refractivity contribution in [3.63, 3.8) is 0 Å². The van der Waals surface area contributed by atoms with Gasteiger partial charge in [-0.1, -0.05) is 0 Å². The molecule has 0 N–H and O–H groups in total. The number of hydrogen-bond donors (Lipinski definition) is 0. The molecule has 2 fully saturated rings. The SMILES string of the molecule is COC(=O)CC(C)N(CC1CC1)C1CC1. The molecule has 0 amide bonds. The van der Waals surface area contributed by atoms with Gasteiger partial charge in [0.25, 0.3) is 0 Å². The summed E-state index contributed by atoms with van der Waals surface area (Å²) in [6, 6.07) is 1.11. The lowest BCUT2D eigenvalue weighted by atomic mass is 10.2. The largest absolute Gasteiger partial charge is 0.469 e. The van der Waals surface area contributed by atoms with Crippen molar-refractivity contribution in [1.29, 1.82) is 0 Å². The highest BCUT2D eigenvalue weighted by Crippen LogP contribution is 2.36. The fraction of sp³-hybridized carbons (Fsp3) is 0.917. The summed E-state index contributed by atoms with van der Waals surface area (Å²) in [7, 11) is 1.47. The van der Waals surface area contributed by atoms with Gasteiger partial charge in [0.15, 0.2) is 0 Å². The van der Waals surface area contributed by atoms with Gasteiger partial charge >= 0.3 is 5.97 Å². The molecule has 86 valence electrons. The van der Waals surface area contributed by atoms with Crippen molar-refractivity contribution in [3.05, 3.63) is 0 Å². The van der Waals surface area contributed by atoms with E-state index in [4.69, 9.17) is 4.74 Å². The van der Waals surface area contributed by atoms with Crippen LogP contribution in [-0.2, 0) is 9.53 Å². The van der Waals surface area contributed by atoms with Crippen LogP contribution in [0.5, 0.6) is 0 Å². The second kappa shape index (κ2) is 4.52. The summed E-state index contributed by atoms with van der Waals surface area (Å²) in [4.78, 5) is 13.7. The molecule has 0 aromatic heterocycles. The highest BCUT2D eigenvalue weighted by molar-refractivity contribution is 5.69. The van der Waals surface area contributed by atoms with E-state index >= 15 is 0 Å². The van der Waals surface area contributed by atoms with Gasteiger partial charge in [-0.3, -0.25) is 9.69 Å². The Kier molecular flexibility index (Phi) is 3.29. The molecule has 3 nitrogen and oxygen atoms in total. The first-order valence-corrected chi connectivity index (χ1v) is 6.03. The molecule has 0 radical (unpaired) electrons. The van der Waals surface area contributed by atoms with Crippen molar-refractivity contribution in [1.82, 2.24) is 4.90 Å². The van der Waals surface area contributed by atoms with E-state index in [0.717, 1.165) is 12.0 Å². The summed E-state index contributed by atoms with van der Waals surface area (Å²) in [5.74, 6) is 0.828. The van der Waals surface area contributed by atoms with Crippen molar-refractivity contribution in [3.8, 4) is 0 Å². The maximum Gasteiger partial charge on any atom is 0.307 e. The Bertz CT molecular complexity index is 234. The second-order valence-corrected chi connectivity index (χ2v) is 5.00. The van der Waals surface area contributed by atoms with Crippen molar-refractivity contribution in [2.75, 3.05) is 13.7 Å². The lowest BCUT2D eigenvalue weighted by Crippen LogP contribution is -2.38. The van der Waals surface area contributed by atoms with Gasteiger partial charge < -0.3 is 4.74 Å². The Balaban J connectivity index is 1.82. The molecule has 2 rings (SSSR count). The predicted octanol–water partition coefficient (Wildman–Crippen LogP) is 1.81. The third-order valence-electron chi connectivity index (χ3n) is 3.44. The summed E-state index contributed by atoms with van der Waals surface area (Å²) < 4.78 is 4.73. The van der Waals surface area contributed by atoms with Crippen LogP contribution in [0.2, 0.25) is 0 Å². The normalized spacial score (nSPS) is 22.9. The predicted molar refractivity (Wildman–Crippen MR) is 58.5 cm³/mol. The number of carbonyl (C=O) groups excluding carboxylic acids is 1. The van der Waals surface area contributed by atoms with Gasteiger partial charge in [-0.15, -0.1) is 0 Å². The van der Waals surface area contributed by atoms with E-state index in [2.05, 4.69) is 11.8 Å². The monoisotopic (exact) mass is 211 g/mol. The topological polar surface area (TPSA) is 29.5 Å². The number of esters is 1. The van der Waals surface area contributed by atoms with Crippen LogP contribution in [-0.4, -0.2) is 36.6 Å². The molecule has 2 saturated carbocycles. The van der Waals surface area contributed by atoms with Crippen LogP contribution in [0.25, 0.3) is 0 Å². The van der Waals surface area contributed by atoms with Gasteiger partial charge in [0.2, 0.25) is 0 Å². The molecule has 0 aromatic carbocycles. The van der Waals surface area contributed by atoms with Crippen molar-refractivity contribution in [2.24, 2.45) is 5.92 Å². The molecule has 0 saturated heterocycles. The van der Waals surface area contributed by atoms with Gasteiger partial charge in [-0.05, 0) is 38.5 Å². The van der Waals surface area contributed by atoms with Crippen LogP contribution in [0.1, 0.15) is 39.0 Å². The molecule has 0 spiro atoms. The molecule has 1 unspecified atom stereocenters. The van der Waals surface area contributed by atoms with E-state index in [0.29, 0.717) is 12.5 Å². The Morgan fingerprint density at radius 1 is 1.40 bits per heavy atom. The standard InChI is InChI=1S/C12H21NO2/c1-9(7-12(14)15-2)13(11-5-6-11)8-10-3-4-10/h9-11H,3-8H2,1-2H3. The average Bonchev–Trinajstić information content (AvgIpc) is 3.04. The zero-order valence-electron chi connectivity index (χ0n) is 9.74. The smallest absolute Gasteiger partial charge is 0.307 e. The number of nitrogens with zero attached hydrogens (tertiary/aromatic N) is 1. The third-order valence-corrected chi connectivity index (χ3v) is 3.44. The van der Waals surface area contributed by atoms with E-state index in [1.165, 1.54) is 39.3 Å². The molecule has 0 bridgehead atoms. The van der Waals surface area contributed by atoms with Crippen LogP contribution in [0.4, 0.5) is 0 Å². The molecule has 2 aliphatic rings. The quantitative estimate of drug-likeness (QED) is 0.628. The lowest BCUT2D eigenvalue weighted by Gasteiger charge is -2.28. The van der Waals surface area contributed by atoms with Gasteiger partial charge in [0.1, 0.15) is 0 Å². The third kappa shape index (κ3) is 3.20. The molecule has 2 aliphatic carbocycles. The van der Waals surface area contributed by atoms with Crippen LogP contribution in [0, 0.1) is 5.92 Å². The molecule has 1 atom stereocenters. The van der Waals surface area contributed by atoms with Crippen molar-refractivity contribution < 1.29 is 9.53 Å². The van der Waals surface area contributed by atoms with Crippen LogP contribution < -0.4 is 0 Å². The number of rotatable bonds is 6. The van der Waals surface area contributed by atoms with Gasteiger partial charge in [0.05, 0.1) is 13.5 Å². The van der Waals surface area contributed by atoms with Crippen LogP contribution in [0.15, 0.2) is 0 Å². The Labute approximate surface area is 91.8 Å². The Morgan fingerprint density at radius 2 is 2.07 bits per heavy atom. The minimum absolute atomic E-state index is 0.0797. The first-order chi connectivity index (χ1) is 7.20. The fourth-order valence-electron chi connectivity index (χ4n) is 2.14. The summed E-state index contributed by atoms with van der Waals surface area (Å²) in [6.45, 7) is 3.35. The maximum absolute atomic E-state index is 11.2. The maximum atomic E-state index is 11.2. The zero-order valence-corrected chi connectivity index (χ0v) is 9.74. The first-order valence-electron chi connectivity index (χ1n) is 6.03. The van der Waals surface area contributed by atoms with Crippen LogP contribution >= 0.6 is 0 Å². The van der Waals surface area contributed by atoms with E-state index in [9.17, 15) is 4.79 Å². The van der Waals surface area contributed by atoms with Crippen molar-refractivity contribution >= 4 is 5.97 Å². The minimum atomic E-state index is -0.0797. The molecular formula is C12H21NO2. The van der Waals surface area contributed by atoms with E-state index in [-0.39, 0.29) is 5.97 Å². The van der Waals surface area contributed by atoms with Crippen molar-refractivity contribution in [2.45, 2.75) is 51.1 Å². The fourth-order valence-corrected chi connectivity index (χ4v) is 2.14. The summed E-state index contributed by atoms with van der Waals surface area (Å²) in [6.07, 6.45) is 5.94. The Hall–Kier alpha value is -0.570. The second-order valence-electron chi connectivity index (χ2n) is 5.00. The number of carbonyl (C=O) groups is 1.